The van der Waals surface area contributed by atoms with Crippen LogP contribution >= 0.6 is 0 Å². The van der Waals surface area contributed by atoms with E-state index in [-0.39, 0.29) is 16.6 Å². The molecule has 0 amide bonds. The van der Waals surface area contributed by atoms with Crippen molar-refractivity contribution >= 4 is 15.7 Å². The normalized spacial score (nSPS) is 20.0. The lowest BCUT2D eigenvalue weighted by Gasteiger charge is -2.34. The van der Waals surface area contributed by atoms with Gasteiger partial charge < -0.3 is 5.73 Å². The second-order valence-corrected chi connectivity index (χ2v) is 7.41. The number of nitrogens with zero attached hydrogens (tertiary/aromatic N) is 2. The number of hydrogen-bond donors (Lipinski definition) is 1. The van der Waals surface area contributed by atoms with E-state index in [1.54, 1.807) is 6.92 Å². The van der Waals surface area contributed by atoms with Gasteiger partial charge in [-0.2, -0.15) is 4.31 Å². The van der Waals surface area contributed by atoms with Gasteiger partial charge >= 0.3 is 0 Å². The summed E-state index contributed by atoms with van der Waals surface area (Å²) in [5, 5.41) is 10.8. The van der Waals surface area contributed by atoms with Crippen LogP contribution in [0.25, 0.3) is 0 Å². The molecule has 0 spiro atoms. The van der Waals surface area contributed by atoms with Gasteiger partial charge in [0.1, 0.15) is 0 Å². The fourth-order valence-electron chi connectivity index (χ4n) is 2.93. The number of piperidine rings is 1. The smallest absolute Gasteiger partial charge is 0.269 e. The number of hydrogen-bond acceptors (Lipinski definition) is 5. The lowest BCUT2D eigenvalue weighted by atomic mass is 10.0. The molecule has 2 N–H and O–H groups in total. The summed E-state index contributed by atoms with van der Waals surface area (Å²) in [6.45, 7) is 2.50. The van der Waals surface area contributed by atoms with Gasteiger partial charge in [-0.05, 0) is 44.4 Å². The van der Waals surface area contributed by atoms with Gasteiger partial charge in [0, 0.05) is 24.7 Å². The Bertz CT molecular complexity index is 658. The molecule has 1 atom stereocenters. The number of nitrogens with two attached hydrogens (primary N) is 1. The minimum atomic E-state index is -3.65. The molecule has 1 aliphatic rings. The van der Waals surface area contributed by atoms with Gasteiger partial charge in [0.2, 0.25) is 10.0 Å². The molecule has 1 aromatic carbocycles. The van der Waals surface area contributed by atoms with Crippen LogP contribution in [0.15, 0.2) is 23.1 Å². The highest BCUT2D eigenvalue weighted by molar-refractivity contribution is 7.89. The molecule has 1 heterocycles. The van der Waals surface area contributed by atoms with Crippen LogP contribution in [0.3, 0.4) is 0 Å². The summed E-state index contributed by atoms with van der Waals surface area (Å²) in [4.78, 5) is 10.4. The lowest BCUT2D eigenvalue weighted by molar-refractivity contribution is -0.385. The highest BCUT2D eigenvalue weighted by Crippen LogP contribution is 2.29. The molecule has 1 unspecified atom stereocenters. The summed E-state index contributed by atoms with van der Waals surface area (Å²) in [7, 11) is -3.65. The number of rotatable bonds is 5. The number of nitro groups is 1. The first-order valence-corrected chi connectivity index (χ1v) is 8.79. The molecule has 1 fully saturated rings. The third kappa shape index (κ3) is 3.29. The highest BCUT2D eigenvalue weighted by atomic mass is 32.2. The number of aryl methyl sites for hydroxylation is 1. The molecule has 0 saturated carbocycles. The van der Waals surface area contributed by atoms with Crippen molar-refractivity contribution in [2.45, 2.75) is 43.5 Å². The molecular formula is C14H21N3O4S. The quantitative estimate of drug-likeness (QED) is 0.655. The van der Waals surface area contributed by atoms with E-state index in [1.165, 1.54) is 22.5 Å². The van der Waals surface area contributed by atoms with Crippen LogP contribution in [0.1, 0.15) is 31.2 Å². The van der Waals surface area contributed by atoms with E-state index in [9.17, 15) is 18.5 Å². The second kappa shape index (κ2) is 6.72. The van der Waals surface area contributed by atoms with Crippen molar-refractivity contribution in [1.29, 1.82) is 0 Å². The van der Waals surface area contributed by atoms with Crippen LogP contribution in [0.4, 0.5) is 5.69 Å². The summed E-state index contributed by atoms with van der Waals surface area (Å²) in [5.41, 5.74) is 5.88. The topological polar surface area (TPSA) is 107 Å². The van der Waals surface area contributed by atoms with Crippen LogP contribution in [-0.4, -0.2) is 36.8 Å². The molecule has 22 heavy (non-hydrogen) atoms. The monoisotopic (exact) mass is 327 g/mol. The molecule has 8 heteroatoms. The number of benzene rings is 1. The third-order valence-electron chi connectivity index (χ3n) is 4.03. The van der Waals surface area contributed by atoms with Gasteiger partial charge in [-0.3, -0.25) is 10.1 Å². The first kappa shape index (κ1) is 16.9. The zero-order chi connectivity index (χ0) is 16.3. The van der Waals surface area contributed by atoms with Crippen molar-refractivity contribution in [3.05, 3.63) is 33.9 Å². The number of nitro benzene ring substituents is 1. The van der Waals surface area contributed by atoms with Crippen LogP contribution in [0.5, 0.6) is 0 Å². The molecule has 1 saturated heterocycles. The molecule has 1 aromatic rings. The van der Waals surface area contributed by atoms with Crippen molar-refractivity contribution in [2.75, 3.05) is 13.1 Å². The lowest BCUT2D eigenvalue weighted by Crippen LogP contribution is -2.44. The largest absolute Gasteiger partial charge is 0.330 e. The van der Waals surface area contributed by atoms with Crippen LogP contribution in [-0.2, 0) is 10.0 Å². The van der Waals surface area contributed by atoms with E-state index < -0.39 is 14.9 Å². The van der Waals surface area contributed by atoms with Crippen LogP contribution in [0, 0.1) is 17.0 Å². The molecule has 0 radical (unpaired) electrons. The van der Waals surface area contributed by atoms with Crippen molar-refractivity contribution in [1.82, 2.24) is 4.31 Å². The highest BCUT2D eigenvalue weighted by Gasteiger charge is 2.34. The van der Waals surface area contributed by atoms with Crippen molar-refractivity contribution in [2.24, 2.45) is 5.73 Å². The van der Waals surface area contributed by atoms with E-state index >= 15 is 0 Å². The molecule has 122 valence electrons. The van der Waals surface area contributed by atoms with E-state index in [2.05, 4.69) is 0 Å². The maximum atomic E-state index is 12.9. The van der Waals surface area contributed by atoms with E-state index in [1.807, 2.05) is 0 Å². The maximum Gasteiger partial charge on any atom is 0.269 e. The predicted molar refractivity (Wildman–Crippen MR) is 83.0 cm³/mol. The van der Waals surface area contributed by atoms with E-state index in [0.717, 1.165) is 19.3 Å². The summed E-state index contributed by atoms with van der Waals surface area (Å²) < 4.78 is 27.3. The van der Waals surface area contributed by atoms with Gasteiger partial charge in [-0.25, -0.2) is 8.42 Å². The Balaban J connectivity index is 2.38. The Morgan fingerprint density at radius 3 is 2.73 bits per heavy atom. The summed E-state index contributed by atoms with van der Waals surface area (Å²) in [5.74, 6) is 0. The predicted octanol–water partition coefficient (Wildman–Crippen LogP) is 1.80. The van der Waals surface area contributed by atoms with Crippen LogP contribution < -0.4 is 5.73 Å². The first-order chi connectivity index (χ1) is 10.4. The Morgan fingerprint density at radius 1 is 1.41 bits per heavy atom. The van der Waals surface area contributed by atoms with Crippen molar-refractivity contribution < 1.29 is 13.3 Å². The van der Waals surface area contributed by atoms with Crippen LogP contribution in [0.2, 0.25) is 0 Å². The molecule has 0 aliphatic carbocycles. The zero-order valence-electron chi connectivity index (χ0n) is 12.6. The standard InChI is InChI=1S/C14H21N3O4S/c1-11-10-13(17(18)19)5-6-14(11)22(20,21)16-9-3-2-4-12(16)7-8-15/h5-6,10,12H,2-4,7-9,15H2,1H3. The molecular weight excluding hydrogens is 306 g/mol. The second-order valence-electron chi connectivity index (χ2n) is 5.55. The molecule has 0 bridgehead atoms. The number of non-ortho nitro benzene ring substituents is 1. The van der Waals surface area contributed by atoms with E-state index in [0.29, 0.717) is 25.1 Å². The van der Waals surface area contributed by atoms with Gasteiger partial charge in [-0.15, -0.1) is 0 Å². The Morgan fingerprint density at radius 2 is 2.14 bits per heavy atom. The summed E-state index contributed by atoms with van der Waals surface area (Å²) in [6, 6.07) is 3.78. The third-order valence-corrected chi connectivity index (χ3v) is 6.14. The Labute approximate surface area is 130 Å². The van der Waals surface area contributed by atoms with Crippen molar-refractivity contribution in [3.63, 3.8) is 0 Å². The Kier molecular flexibility index (Phi) is 5.15. The van der Waals surface area contributed by atoms with Gasteiger partial charge in [-0.1, -0.05) is 6.42 Å². The minimum absolute atomic E-state index is 0.0849. The van der Waals surface area contributed by atoms with Gasteiger partial charge in [0.05, 0.1) is 9.82 Å². The SMILES string of the molecule is Cc1cc([N+](=O)[O-])ccc1S(=O)(=O)N1CCCCC1CCN. The Hall–Kier alpha value is -1.51. The van der Waals surface area contributed by atoms with Gasteiger partial charge in [0.25, 0.3) is 5.69 Å². The number of sulfonamides is 1. The zero-order valence-corrected chi connectivity index (χ0v) is 13.4. The average molecular weight is 327 g/mol. The molecule has 2 rings (SSSR count). The maximum absolute atomic E-state index is 12.9. The average Bonchev–Trinajstić information content (AvgIpc) is 2.47. The van der Waals surface area contributed by atoms with Crippen molar-refractivity contribution in [3.8, 4) is 0 Å². The molecule has 7 nitrogen and oxygen atoms in total. The van der Waals surface area contributed by atoms with Gasteiger partial charge in [0.15, 0.2) is 0 Å². The fraction of sp³-hybridized carbons (Fsp3) is 0.571. The molecule has 1 aliphatic heterocycles. The fourth-order valence-corrected chi connectivity index (χ4v) is 4.87. The first-order valence-electron chi connectivity index (χ1n) is 7.35. The summed E-state index contributed by atoms with van der Waals surface area (Å²) >= 11 is 0. The van der Waals surface area contributed by atoms with E-state index in [4.69, 9.17) is 5.73 Å². The summed E-state index contributed by atoms with van der Waals surface area (Å²) in [6.07, 6.45) is 3.26. The minimum Gasteiger partial charge on any atom is -0.330 e. The molecule has 0 aromatic heterocycles.